The van der Waals surface area contributed by atoms with Crippen molar-refractivity contribution in [2.75, 3.05) is 24.7 Å². The lowest BCUT2D eigenvalue weighted by molar-refractivity contribution is -0.139. The Kier molecular flexibility index (Phi) is 4.51. The van der Waals surface area contributed by atoms with E-state index in [1.165, 1.54) is 6.42 Å². The second-order valence-electron chi connectivity index (χ2n) is 6.01. The minimum Gasteiger partial charge on any atom is -0.352 e. The van der Waals surface area contributed by atoms with Crippen LogP contribution in [0, 0.1) is 5.92 Å². The minimum absolute atomic E-state index is 0.0327. The van der Waals surface area contributed by atoms with E-state index in [4.69, 9.17) is 0 Å². The Morgan fingerprint density at radius 3 is 2.45 bits per heavy atom. The summed E-state index contributed by atoms with van der Waals surface area (Å²) >= 11 is 1.76. The Morgan fingerprint density at radius 1 is 1.15 bits per heavy atom. The fourth-order valence-electron chi connectivity index (χ4n) is 3.02. The van der Waals surface area contributed by atoms with Gasteiger partial charge in [0.15, 0.2) is 0 Å². The molecule has 0 spiro atoms. The van der Waals surface area contributed by atoms with Crippen LogP contribution in [0.25, 0.3) is 0 Å². The molecule has 2 saturated heterocycles. The lowest BCUT2D eigenvalue weighted by Gasteiger charge is -2.37. The Hall–Kier alpha value is -0.750. The first-order chi connectivity index (χ1) is 9.74. The van der Waals surface area contributed by atoms with E-state index in [0.717, 1.165) is 50.4 Å². The largest absolute Gasteiger partial charge is 0.352 e. The normalized spacial score (nSPS) is 28.2. The number of amides is 2. The molecule has 2 aliphatic heterocycles. The zero-order chi connectivity index (χ0) is 13.9. The second kappa shape index (κ2) is 6.35. The van der Waals surface area contributed by atoms with Gasteiger partial charge in [0, 0.05) is 36.7 Å². The van der Waals surface area contributed by atoms with Crippen LogP contribution in [0.2, 0.25) is 0 Å². The Morgan fingerprint density at radius 2 is 1.90 bits per heavy atom. The Labute approximate surface area is 124 Å². The summed E-state index contributed by atoms with van der Waals surface area (Å²) in [4.78, 5) is 26.2. The van der Waals surface area contributed by atoms with Crippen LogP contribution in [0.1, 0.15) is 32.1 Å². The van der Waals surface area contributed by atoms with Gasteiger partial charge in [0.05, 0.1) is 6.04 Å². The summed E-state index contributed by atoms with van der Waals surface area (Å²) in [5.41, 5.74) is 0. The second-order valence-corrected chi connectivity index (χ2v) is 7.04. The minimum atomic E-state index is -0.0327. The zero-order valence-electron chi connectivity index (χ0n) is 11.8. The van der Waals surface area contributed by atoms with E-state index >= 15 is 0 Å². The SMILES string of the molecule is O=C(NC1CCN(C(=O)C2CCC2)CC1)C1CSCN1. The Bertz CT molecular complexity index is 373. The van der Waals surface area contributed by atoms with Gasteiger partial charge in [0.1, 0.15) is 0 Å². The van der Waals surface area contributed by atoms with Gasteiger partial charge >= 0.3 is 0 Å². The van der Waals surface area contributed by atoms with Crippen LogP contribution in [-0.4, -0.2) is 53.5 Å². The summed E-state index contributed by atoms with van der Waals surface area (Å²) < 4.78 is 0. The standard InChI is InChI=1S/C14H23N3O2S/c18-13(12-8-20-9-15-12)16-11-4-6-17(7-5-11)14(19)10-2-1-3-10/h10-12,15H,1-9H2,(H,16,18). The van der Waals surface area contributed by atoms with E-state index in [9.17, 15) is 9.59 Å². The first-order valence-electron chi connectivity index (χ1n) is 7.64. The lowest BCUT2D eigenvalue weighted by atomic mass is 9.84. The van der Waals surface area contributed by atoms with E-state index in [0.29, 0.717) is 11.8 Å². The van der Waals surface area contributed by atoms with E-state index in [-0.39, 0.29) is 18.0 Å². The van der Waals surface area contributed by atoms with Gasteiger partial charge in [-0.05, 0) is 25.7 Å². The van der Waals surface area contributed by atoms with Crippen LogP contribution >= 0.6 is 11.8 Å². The van der Waals surface area contributed by atoms with Crippen LogP contribution in [0.15, 0.2) is 0 Å². The van der Waals surface area contributed by atoms with Gasteiger partial charge < -0.3 is 10.2 Å². The van der Waals surface area contributed by atoms with Crippen molar-refractivity contribution < 1.29 is 9.59 Å². The molecule has 112 valence electrons. The van der Waals surface area contributed by atoms with E-state index in [2.05, 4.69) is 10.6 Å². The molecule has 3 rings (SSSR count). The van der Waals surface area contributed by atoms with Crippen molar-refractivity contribution in [1.82, 2.24) is 15.5 Å². The number of thioether (sulfide) groups is 1. The van der Waals surface area contributed by atoms with Gasteiger partial charge in [0.25, 0.3) is 0 Å². The maximum atomic E-state index is 12.1. The highest BCUT2D eigenvalue weighted by molar-refractivity contribution is 7.99. The lowest BCUT2D eigenvalue weighted by Crippen LogP contribution is -2.52. The summed E-state index contributed by atoms with van der Waals surface area (Å²) in [7, 11) is 0. The highest BCUT2D eigenvalue weighted by Gasteiger charge is 2.32. The molecule has 0 aromatic carbocycles. The van der Waals surface area contributed by atoms with Crippen molar-refractivity contribution in [3.05, 3.63) is 0 Å². The number of piperidine rings is 1. The summed E-state index contributed by atoms with van der Waals surface area (Å²) in [6, 6.07) is 0.204. The van der Waals surface area contributed by atoms with E-state index in [1.54, 1.807) is 11.8 Å². The number of likely N-dealkylation sites (tertiary alicyclic amines) is 1. The quantitative estimate of drug-likeness (QED) is 0.799. The molecule has 20 heavy (non-hydrogen) atoms. The summed E-state index contributed by atoms with van der Waals surface area (Å²) in [6.45, 7) is 1.60. The molecule has 1 saturated carbocycles. The molecule has 2 amide bonds. The fourth-order valence-corrected chi connectivity index (χ4v) is 3.96. The third kappa shape index (κ3) is 3.11. The molecule has 0 radical (unpaired) electrons. The Balaban J connectivity index is 1.41. The van der Waals surface area contributed by atoms with E-state index < -0.39 is 0 Å². The molecule has 2 N–H and O–H groups in total. The van der Waals surface area contributed by atoms with Crippen LogP contribution < -0.4 is 10.6 Å². The molecule has 6 heteroatoms. The molecule has 1 atom stereocenters. The maximum absolute atomic E-state index is 12.1. The summed E-state index contributed by atoms with van der Waals surface area (Å²) in [5, 5.41) is 6.31. The molecule has 0 aromatic rings. The smallest absolute Gasteiger partial charge is 0.238 e. The maximum Gasteiger partial charge on any atom is 0.238 e. The third-order valence-corrected chi connectivity index (χ3v) is 5.58. The number of carbonyl (C=O) groups excluding carboxylic acids is 2. The summed E-state index contributed by atoms with van der Waals surface area (Å²) in [5.74, 6) is 2.49. The molecule has 2 heterocycles. The molecule has 0 bridgehead atoms. The first kappa shape index (κ1) is 14.2. The number of hydrogen-bond acceptors (Lipinski definition) is 4. The van der Waals surface area contributed by atoms with Gasteiger partial charge in [-0.25, -0.2) is 0 Å². The number of rotatable bonds is 3. The van der Waals surface area contributed by atoms with Gasteiger partial charge in [-0.2, -0.15) is 0 Å². The molecule has 1 aliphatic carbocycles. The third-order valence-electron chi connectivity index (χ3n) is 4.64. The highest BCUT2D eigenvalue weighted by Crippen LogP contribution is 2.29. The summed E-state index contributed by atoms with van der Waals surface area (Å²) in [6.07, 6.45) is 5.13. The number of carbonyl (C=O) groups is 2. The van der Waals surface area contributed by atoms with Crippen molar-refractivity contribution in [2.24, 2.45) is 5.92 Å². The first-order valence-corrected chi connectivity index (χ1v) is 8.80. The van der Waals surface area contributed by atoms with Crippen molar-refractivity contribution in [3.8, 4) is 0 Å². The number of nitrogens with one attached hydrogen (secondary N) is 2. The van der Waals surface area contributed by atoms with E-state index in [1.807, 2.05) is 4.90 Å². The molecule has 1 unspecified atom stereocenters. The highest BCUT2D eigenvalue weighted by atomic mass is 32.2. The average molecular weight is 297 g/mol. The zero-order valence-corrected chi connectivity index (χ0v) is 12.6. The molecular formula is C14H23N3O2S. The predicted molar refractivity (Wildman–Crippen MR) is 79.3 cm³/mol. The van der Waals surface area contributed by atoms with Crippen molar-refractivity contribution in [1.29, 1.82) is 0 Å². The molecule has 3 fully saturated rings. The van der Waals surface area contributed by atoms with Crippen LogP contribution in [0.3, 0.4) is 0 Å². The van der Waals surface area contributed by atoms with Gasteiger partial charge in [-0.1, -0.05) is 6.42 Å². The average Bonchev–Trinajstić information content (AvgIpc) is 2.91. The van der Waals surface area contributed by atoms with Crippen LogP contribution in [0.4, 0.5) is 0 Å². The molecule has 3 aliphatic rings. The van der Waals surface area contributed by atoms with Crippen molar-refractivity contribution in [2.45, 2.75) is 44.2 Å². The van der Waals surface area contributed by atoms with Crippen molar-refractivity contribution in [3.63, 3.8) is 0 Å². The van der Waals surface area contributed by atoms with Crippen molar-refractivity contribution >= 4 is 23.6 Å². The van der Waals surface area contributed by atoms with Crippen LogP contribution in [0.5, 0.6) is 0 Å². The topological polar surface area (TPSA) is 61.4 Å². The monoisotopic (exact) mass is 297 g/mol. The molecule has 0 aromatic heterocycles. The van der Waals surface area contributed by atoms with Gasteiger partial charge in [-0.3, -0.25) is 14.9 Å². The molecular weight excluding hydrogens is 274 g/mol. The van der Waals surface area contributed by atoms with Crippen LogP contribution in [-0.2, 0) is 9.59 Å². The fraction of sp³-hybridized carbons (Fsp3) is 0.857. The predicted octanol–water partition coefficient (Wildman–Crippen LogP) is 0.556. The molecule has 5 nitrogen and oxygen atoms in total. The van der Waals surface area contributed by atoms with Gasteiger partial charge in [0.2, 0.25) is 11.8 Å². The van der Waals surface area contributed by atoms with Gasteiger partial charge in [-0.15, -0.1) is 11.8 Å². The number of nitrogens with zero attached hydrogens (tertiary/aromatic N) is 1. The number of hydrogen-bond donors (Lipinski definition) is 2.